The lowest BCUT2D eigenvalue weighted by Crippen LogP contribution is -1.97. The van der Waals surface area contributed by atoms with Gasteiger partial charge in [0, 0.05) is 24.9 Å². The highest BCUT2D eigenvalue weighted by molar-refractivity contribution is 5.25. The van der Waals surface area contributed by atoms with Crippen molar-refractivity contribution in [3.05, 3.63) is 53.1 Å². The van der Waals surface area contributed by atoms with Crippen molar-refractivity contribution in [2.24, 2.45) is 5.73 Å². The molecule has 1 aromatic carbocycles. The van der Waals surface area contributed by atoms with Crippen molar-refractivity contribution in [1.82, 2.24) is 9.97 Å². The summed E-state index contributed by atoms with van der Waals surface area (Å²) >= 11 is 0. The van der Waals surface area contributed by atoms with Gasteiger partial charge in [-0.25, -0.2) is 4.98 Å². The minimum atomic E-state index is 0.515. The fourth-order valence-electron chi connectivity index (χ4n) is 1.61. The fraction of sp³-hybridized carbons (Fsp3) is 0.250. The van der Waals surface area contributed by atoms with E-state index in [-0.39, 0.29) is 0 Å². The molecular weight excluding hydrogens is 186 g/mol. The summed E-state index contributed by atoms with van der Waals surface area (Å²) in [5.74, 6) is 0.973. The van der Waals surface area contributed by atoms with Gasteiger partial charge in [0.15, 0.2) is 0 Å². The molecule has 15 heavy (non-hydrogen) atoms. The summed E-state index contributed by atoms with van der Waals surface area (Å²) in [6, 6.07) is 8.44. The van der Waals surface area contributed by atoms with E-state index in [2.05, 4.69) is 41.2 Å². The summed E-state index contributed by atoms with van der Waals surface area (Å²) in [5.41, 5.74) is 9.04. The second-order valence-electron chi connectivity index (χ2n) is 3.73. The van der Waals surface area contributed by atoms with Gasteiger partial charge >= 0.3 is 0 Å². The molecule has 0 aliphatic heterocycles. The van der Waals surface area contributed by atoms with E-state index in [1.54, 1.807) is 6.20 Å². The summed E-state index contributed by atoms with van der Waals surface area (Å²) < 4.78 is 0. The van der Waals surface area contributed by atoms with Crippen LogP contribution in [-0.4, -0.2) is 9.97 Å². The number of aromatic nitrogens is 2. The van der Waals surface area contributed by atoms with Gasteiger partial charge in [0.25, 0.3) is 0 Å². The van der Waals surface area contributed by atoms with Gasteiger partial charge in [-0.15, -0.1) is 0 Å². The van der Waals surface area contributed by atoms with Crippen LogP contribution in [0.3, 0.4) is 0 Å². The van der Waals surface area contributed by atoms with Crippen molar-refractivity contribution in [3.8, 4) is 0 Å². The van der Waals surface area contributed by atoms with Crippen molar-refractivity contribution in [2.75, 3.05) is 0 Å². The van der Waals surface area contributed by atoms with Crippen LogP contribution < -0.4 is 5.73 Å². The lowest BCUT2D eigenvalue weighted by atomic mass is 10.1. The predicted molar refractivity (Wildman–Crippen MR) is 60.5 cm³/mol. The predicted octanol–water partition coefficient (Wildman–Crippen LogP) is 1.77. The van der Waals surface area contributed by atoms with Gasteiger partial charge in [0.1, 0.15) is 5.82 Å². The Morgan fingerprint density at radius 3 is 2.93 bits per heavy atom. The molecule has 78 valence electrons. The molecule has 0 saturated carbocycles. The summed E-state index contributed by atoms with van der Waals surface area (Å²) in [6.07, 6.45) is 2.63. The normalized spacial score (nSPS) is 10.5. The summed E-state index contributed by atoms with van der Waals surface area (Å²) in [7, 11) is 0. The number of imidazole rings is 1. The van der Waals surface area contributed by atoms with Gasteiger partial charge in [-0.3, -0.25) is 0 Å². The van der Waals surface area contributed by atoms with E-state index in [0.717, 1.165) is 17.9 Å². The Hall–Kier alpha value is -1.61. The van der Waals surface area contributed by atoms with E-state index in [9.17, 15) is 0 Å². The van der Waals surface area contributed by atoms with Gasteiger partial charge in [-0.1, -0.05) is 29.8 Å². The number of hydrogen-bond acceptors (Lipinski definition) is 2. The average molecular weight is 201 g/mol. The number of benzene rings is 1. The number of nitrogens with zero attached hydrogens (tertiary/aromatic N) is 1. The number of H-pyrrole nitrogens is 1. The molecule has 3 heteroatoms. The maximum atomic E-state index is 5.51. The molecule has 3 N–H and O–H groups in total. The Morgan fingerprint density at radius 1 is 1.40 bits per heavy atom. The van der Waals surface area contributed by atoms with Crippen LogP contribution in [0.25, 0.3) is 0 Å². The largest absolute Gasteiger partial charge is 0.345 e. The molecule has 0 aliphatic rings. The van der Waals surface area contributed by atoms with Crippen LogP contribution in [0.1, 0.15) is 22.6 Å². The molecule has 0 spiro atoms. The van der Waals surface area contributed by atoms with Gasteiger partial charge < -0.3 is 10.7 Å². The Bertz CT molecular complexity index is 446. The number of hydrogen-bond donors (Lipinski definition) is 2. The van der Waals surface area contributed by atoms with Crippen molar-refractivity contribution >= 4 is 0 Å². The van der Waals surface area contributed by atoms with E-state index in [1.807, 2.05) is 0 Å². The topological polar surface area (TPSA) is 54.7 Å². The first-order chi connectivity index (χ1) is 7.28. The molecule has 0 fully saturated rings. The van der Waals surface area contributed by atoms with Crippen LogP contribution in [0.15, 0.2) is 30.5 Å². The lowest BCUT2D eigenvalue weighted by molar-refractivity contribution is 0.967. The Balaban J connectivity index is 2.14. The van der Waals surface area contributed by atoms with Gasteiger partial charge in [0.05, 0.1) is 0 Å². The number of aryl methyl sites for hydroxylation is 1. The molecule has 0 amide bonds. The Morgan fingerprint density at radius 2 is 2.27 bits per heavy atom. The van der Waals surface area contributed by atoms with Crippen LogP contribution >= 0.6 is 0 Å². The van der Waals surface area contributed by atoms with E-state index in [4.69, 9.17) is 5.73 Å². The zero-order valence-electron chi connectivity index (χ0n) is 8.83. The number of rotatable bonds is 3. The molecule has 0 atom stereocenters. The molecule has 0 unspecified atom stereocenters. The molecule has 0 bridgehead atoms. The highest BCUT2D eigenvalue weighted by atomic mass is 14.9. The monoisotopic (exact) mass is 201 g/mol. The van der Waals surface area contributed by atoms with Crippen molar-refractivity contribution in [3.63, 3.8) is 0 Å². The van der Waals surface area contributed by atoms with E-state index in [1.165, 1.54) is 11.1 Å². The quantitative estimate of drug-likeness (QED) is 0.795. The molecule has 1 aromatic heterocycles. The fourth-order valence-corrected chi connectivity index (χ4v) is 1.61. The minimum absolute atomic E-state index is 0.515. The SMILES string of the molecule is Cc1cccc(Cc2ncc(CN)[nH]2)c1. The summed E-state index contributed by atoms with van der Waals surface area (Å²) in [4.78, 5) is 7.47. The van der Waals surface area contributed by atoms with Crippen LogP contribution in [0.4, 0.5) is 0 Å². The zero-order chi connectivity index (χ0) is 10.7. The van der Waals surface area contributed by atoms with Gasteiger partial charge in [0.2, 0.25) is 0 Å². The maximum Gasteiger partial charge on any atom is 0.110 e. The molecule has 0 radical (unpaired) electrons. The second-order valence-corrected chi connectivity index (χ2v) is 3.73. The van der Waals surface area contributed by atoms with Crippen LogP contribution in [0.5, 0.6) is 0 Å². The molecule has 0 aliphatic carbocycles. The third kappa shape index (κ3) is 2.44. The molecule has 1 heterocycles. The third-order valence-corrected chi connectivity index (χ3v) is 2.36. The molecule has 0 saturated heterocycles. The Kier molecular flexibility index (Phi) is 2.83. The summed E-state index contributed by atoms with van der Waals surface area (Å²) in [6.45, 7) is 2.61. The molecule has 3 nitrogen and oxygen atoms in total. The first kappa shape index (κ1) is 9.93. The van der Waals surface area contributed by atoms with E-state index >= 15 is 0 Å². The summed E-state index contributed by atoms with van der Waals surface area (Å²) in [5, 5.41) is 0. The van der Waals surface area contributed by atoms with Crippen LogP contribution in [0.2, 0.25) is 0 Å². The van der Waals surface area contributed by atoms with Gasteiger partial charge in [-0.05, 0) is 12.5 Å². The first-order valence-corrected chi connectivity index (χ1v) is 5.06. The number of nitrogens with two attached hydrogens (primary N) is 1. The molecular formula is C12H15N3. The average Bonchev–Trinajstić information content (AvgIpc) is 2.65. The van der Waals surface area contributed by atoms with Crippen LogP contribution in [0, 0.1) is 6.92 Å². The zero-order valence-corrected chi connectivity index (χ0v) is 8.83. The molecule has 2 rings (SSSR count). The minimum Gasteiger partial charge on any atom is -0.345 e. The van der Waals surface area contributed by atoms with Crippen molar-refractivity contribution in [2.45, 2.75) is 19.9 Å². The highest BCUT2D eigenvalue weighted by Gasteiger charge is 2.00. The first-order valence-electron chi connectivity index (χ1n) is 5.06. The lowest BCUT2D eigenvalue weighted by Gasteiger charge is -1.99. The van der Waals surface area contributed by atoms with E-state index in [0.29, 0.717) is 6.54 Å². The second kappa shape index (κ2) is 4.28. The maximum absolute atomic E-state index is 5.51. The smallest absolute Gasteiger partial charge is 0.110 e. The van der Waals surface area contributed by atoms with E-state index < -0.39 is 0 Å². The number of aromatic amines is 1. The number of nitrogens with one attached hydrogen (secondary N) is 1. The van der Waals surface area contributed by atoms with Crippen molar-refractivity contribution in [1.29, 1.82) is 0 Å². The van der Waals surface area contributed by atoms with Gasteiger partial charge in [-0.2, -0.15) is 0 Å². The highest BCUT2D eigenvalue weighted by Crippen LogP contribution is 2.08. The third-order valence-electron chi connectivity index (χ3n) is 2.36. The van der Waals surface area contributed by atoms with Crippen LogP contribution in [-0.2, 0) is 13.0 Å². The standard InChI is InChI=1S/C12H15N3/c1-9-3-2-4-10(5-9)6-12-14-8-11(7-13)15-12/h2-5,8H,6-7,13H2,1H3,(H,14,15). The Labute approximate surface area is 89.4 Å². The van der Waals surface area contributed by atoms with Crippen molar-refractivity contribution < 1.29 is 0 Å². The molecule has 2 aromatic rings.